The van der Waals surface area contributed by atoms with Gasteiger partial charge in [0.05, 0.1) is 30.2 Å². The van der Waals surface area contributed by atoms with E-state index in [1.165, 1.54) is 41.0 Å². The second-order valence-electron chi connectivity index (χ2n) is 8.03. The van der Waals surface area contributed by atoms with Gasteiger partial charge in [0.25, 0.3) is 5.91 Å². The third kappa shape index (κ3) is 5.00. The van der Waals surface area contributed by atoms with E-state index in [4.69, 9.17) is 4.74 Å². The number of pyridine rings is 1. The minimum atomic E-state index is -4.54. The van der Waals surface area contributed by atoms with Gasteiger partial charge in [-0.3, -0.25) is 9.69 Å². The van der Waals surface area contributed by atoms with E-state index in [0.29, 0.717) is 25.6 Å². The number of carbonyl (C=O) groups is 1. The number of nitrogens with one attached hydrogen (secondary N) is 1. The Bertz CT molecular complexity index is 1360. The second kappa shape index (κ2) is 9.43. The summed E-state index contributed by atoms with van der Waals surface area (Å²) in [5.41, 5.74) is 0.334. The number of halogens is 3. The van der Waals surface area contributed by atoms with E-state index in [9.17, 15) is 18.0 Å². The van der Waals surface area contributed by atoms with Crippen molar-refractivity contribution in [1.82, 2.24) is 24.5 Å². The number of ether oxygens (including phenoxy) is 1. The first-order valence-corrected chi connectivity index (χ1v) is 11.0. The van der Waals surface area contributed by atoms with Gasteiger partial charge in [-0.15, -0.1) is 0 Å². The van der Waals surface area contributed by atoms with Crippen molar-refractivity contribution in [3.8, 4) is 11.3 Å². The van der Waals surface area contributed by atoms with Gasteiger partial charge in [0.15, 0.2) is 5.65 Å². The Labute approximate surface area is 198 Å². The Hall–Kier alpha value is -3.83. The van der Waals surface area contributed by atoms with Crippen molar-refractivity contribution in [2.24, 2.45) is 0 Å². The van der Waals surface area contributed by atoms with E-state index in [1.54, 1.807) is 12.1 Å². The SMILES string of the molecule is O=C(Nc1cccc(CN2CCOCC2)n1)c1ccnc2cc(-c3ccccc3C(F)(F)F)nn12. The van der Waals surface area contributed by atoms with Crippen molar-refractivity contribution in [2.75, 3.05) is 31.6 Å². The fraction of sp³-hybridized carbons (Fsp3) is 0.250. The van der Waals surface area contributed by atoms with E-state index in [1.807, 2.05) is 6.07 Å². The van der Waals surface area contributed by atoms with Crippen LogP contribution in [0.5, 0.6) is 0 Å². The molecule has 1 aliphatic heterocycles. The number of aromatic nitrogens is 4. The molecule has 8 nitrogen and oxygen atoms in total. The number of alkyl halides is 3. The van der Waals surface area contributed by atoms with E-state index in [-0.39, 0.29) is 22.6 Å². The second-order valence-corrected chi connectivity index (χ2v) is 8.03. The third-order valence-corrected chi connectivity index (χ3v) is 5.64. The summed E-state index contributed by atoms with van der Waals surface area (Å²) in [6.07, 6.45) is -3.13. The molecule has 1 N–H and O–H groups in total. The van der Waals surface area contributed by atoms with Gasteiger partial charge in [-0.2, -0.15) is 18.3 Å². The molecular weight excluding hydrogens is 461 g/mol. The number of hydrogen-bond donors (Lipinski definition) is 1. The Morgan fingerprint density at radius 3 is 2.66 bits per heavy atom. The number of nitrogens with zero attached hydrogens (tertiary/aromatic N) is 5. The summed E-state index contributed by atoms with van der Waals surface area (Å²) in [6, 6.07) is 13.4. The largest absolute Gasteiger partial charge is 0.417 e. The summed E-state index contributed by atoms with van der Waals surface area (Å²) in [6.45, 7) is 3.61. The van der Waals surface area contributed by atoms with Gasteiger partial charge in [0.2, 0.25) is 0 Å². The zero-order valence-corrected chi connectivity index (χ0v) is 18.5. The molecule has 0 spiro atoms. The highest BCUT2D eigenvalue weighted by atomic mass is 19.4. The van der Waals surface area contributed by atoms with E-state index < -0.39 is 17.6 Å². The van der Waals surface area contributed by atoms with Gasteiger partial charge in [0.1, 0.15) is 11.5 Å². The molecule has 0 bridgehead atoms. The minimum Gasteiger partial charge on any atom is -0.379 e. The maximum atomic E-state index is 13.5. The van der Waals surface area contributed by atoms with Crippen LogP contribution in [0.15, 0.2) is 60.8 Å². The van der Waals surface area contributed by atoms with Crippen LogP contribution in [-0.2, 0) is 17.5 Å². The van der Waals surface area contributed by atoms with Crippen LogP contribution in [0.3, 0.4) is 0 Å². The molecule has 1 fully saturated rings. The standard InChI is InChI=1S/C24H21F3N6O2/c25-24(26,27)18-6-2-1-5-17(18)19-14-22-28-9-8-20(33(22)31-19)23(34)30-21-7-3-4-16(29-21)15-32-10-12-35-13-11-32/h1-9,14H,10-13,15H2,(H,29,30,34). The predicted molar refractivity (Wildman–Crippen MR) is 122 cm³/mol. The van der Waals surface area contributed by atoms with Crippen molar-refractivity contribution in [3.63, 3.8) is 0 Å². The van der Waals surface area contributed by atoms with Gasteiger partial charge in [0, 0.05) is 37.5 Å². The van der Waals surface area contributed by atoms with Crippen LogP contribution >= 0.6 is 0 Å². The molecular formula is C24H21F3N6O2. The summed E-state index contributed by atoms with van der Waals surface area (Å²) in [4.78, 5) is 23.9. The maximum absolute atomic E-state index is 13.5. The van der Waals surface area contributed by atoms with Crippen molar-refractivity contribution in [3.05, 3.63) is 77.7 Å². The number of rotatable bonds is 5. The molecule has 0 atom stereocenters. The number of anilines is 1. The van der Waals surface area contributed by atoms with E-state index in [0.717, 1.165) is 24.8 Å². The molecule has 1 aliphatic rings. The third-order valence-electron chi connectivity index (χ3n) is 5.64. The number of amides is 1. The molecule has 1 aromatic carbocycles. The van der Waals surface area contributed by atoms with Crippen LogP contribution in [0, 0.1) is 0 Å². The molecule has 35 heavy (non-hydrogen) atoms. The van der Waals surface area contributed by atoms with Crippen LogP contribution in [0.4, 0.5) is 19.0 Å². The summed E-state index contributed by atoms with van der Waals surface area (Å²) in [5.74, 6) is -0.146. The zero-order chi connectivity index (χ0) is 24.4. The molecule has 0 radical (unpaired) electrons. The molecule has 0 unspecified atom stereocenters. The topological polar surface area (TPSA) is 84.7 Å². The van der Waals surface area contributed by atoms with Gasteiger partial charge in [-0.25, -0.2) is 14.5 Å². The smallest absolute Gasteiger partial charge is 0.379 e. The van der Waals surface area contributed by atoms with Crippen LogP contribution in [-0.4, -0.2) is 56.7 Å². The predicted octanol–water partition coefficient (Wildman–Crippen LogP) is 3.89. The maximum Gasteiger partial charge on any atom is 0.417 e. The normalized spacial score (nSPS) is 14.8. The summed E-state index contributed by atoms with van der Waals surface area (Å²) in [5, 5.41) is 7.02. The Kier molecular flexibility index (Phi) is 6.18. The summed E-state index contributed by atoms with van der Waals surface area (Å²) < 4.78 is 47.1. The molecule has 0 aliphatic carbocycles. The number of fused-ring (bicyclic) bond motifs is 1. The lowest BCUT2D eigenvalue weighted by Gasteiger charge is -2.26. The zero-order valence-electron chi connectivity index (χ0n) is 18.5. The lowest BCUT2D eigenvalue weighted by atomic mass is 10.0. The molecule has 1 saturated heterocycles. The first kappa shape index (κ1) is 22.9. The van der Waals surface area contributed by atoms with Crippen molar-refractivity contribution >= 4 is 17.4 Å². The van der Waals surface area contributed by atoms with Crippen LogP contribution in [0.2, 0.25) is 0 Å². The molecule has 1 amide bonds. The Morgan fingerprint density at radius 2 is 1.86 bits per heavy atom. The number of carbonyl (C=O) groups excluding carboxylic acids is 1. The number of hydrogen-bond acceptors (Lipinski definition) is 6. The van der Waals surface area contributed by atoms with Crippen LogP contribution in [0.25, 0.3) is 16.9 Å². The fourth-order valence-electron chi connectivity index (χ4n) is 3.96. The van der Waals surface area contributed by atoms with Crippen molar-refractivity contribution < 1.29 is 22.7 Å². The fourth-order valence-corrected chi connectivity index (χ4v) is 3.96. The lowest BCUT2D eigenvalue weighted by molar-refractivity contribution is -0.137. The highest BCUT2D eigenvalue weighted by molar-refractivity contribution is 6.02. The minimum absolute atomic E-state index is 0.0660. The summed E-state index contributed by atoms with van der Waals surface area (Å²) >= 11 is 0. The van der Waals surface area contributed by atoms with Gasteiger partial charge in [-0.05, 0) is 24.3 Å². The molecule has 5 rings (SSSR count). The monoisotopic (exact) mass is 482 g/mol. The average molecular weight is 482 g/mol. The molecule has 4 heterocycles. The molecule has 11 heteroatoms. The van der Waals surface area contributed by atoms with E-state index in [2.05, 4.69) is 25.3 Å². The highest BCUT2D eigenvalue weighted by Crippen LogP contribution is 2.36. The van der Waals surface area contributed by atoms with Gasteiger partial charge >= 0.3 is 6.18 Å². The van der Waals surface area contributed by atoms with E-state index >= 15 is 0 Å². The molecule has 3 aromatic heterocycles. The molecule has 180 valence electrons. The van der Waals surface area contributed by atoms with Gasteiger partial charge in [-0.1, -0.05) is 24.3 Å². The first-order chi connectivity index (χ1) is 16.9. The number of benzene rings is 1. The highest BCUT2D eigenvalue weighted by Gasteiger charge is 2.34. The van der Waals surface area contributed by atoms with Crippen LogP contribution in [0.1, 0.15) is 21.7 Å². The summed E-state index contributed by atoms with van der Waals surface area (Å²) in [7, 11) is 0. The van der Waals surface area contributed by atoms with Crippen molar-refractivity contribution in [1.29, 1.82) is 0 Å². The molecule has 4 aromatic rings. The average Bonchev–Trinajstić information content (AvgIpc) is 3.29. The number of morpholine rings is 1. The Morgan fingerprint density at radius 1 is 1.06 bits per heavy atom. The van der Waals surface area contributed by atoms with Gasteiger partial charge < -0.3 is 10.1 Å². The molecule has 0 saturated carbocycles. The lowest BCUT2D eigenvalue weighted by Crippen LogP contribution is -2.35. The first-order valence-electron chi connectivity index (χ1n) is 11.0. The Balaban J connectivity index is 1.41. The quantitative estimate of drug-likeness (QED) is 0.465. The van der Waals surface area contributed by atoms with Crippen LogP contribution < -0.4 is 5.32 Å². The van der Waals surface area contributed by atoms with Crippen molar-refractivity contribution in [2.45, 2.75) is 12.7 Å².